The molecule has 0 spiro atoms. The third-order valence-corrected chi connectivity index (χ3v) is 3.25. The summed E-state index contributed by atoms with van der Waals surface area (Å²) in [5, 5.41) is 12.0. The van der Waals surface area contributed by atoms with Crippen molar-refractivity contribution in [2.75, 3.05) is 0 Å². The molecule has 3 rings (SSSR count). The van der Waals surface area contributed by atoms with E-state index in [-0.39, 0.29) is 5.84 Å². The number of hydrogen-bond donors (Lipinski definition) is 2. The van der Waals surface area contributed by atoms with Gasteiger partial charge in [0.1, 0.15) is 6.33 Å². The number of nitrogens with two attached hydrogens (primary N) is 1. The van der Waals surface area contributed by atoms with E-state index in [0.717, 1.165) is 22.3 Å². The number of imidazole rings is 1. The fourth-order valence-electron chi connectivity index (χ4n) is 2.26. The van der Waals surface area contributed by atoms with Gasteiger partial charge >= 0.3 is 0 Å². The van der Waals surface area contributed by atoms with Crippen LogP contribution in [0.4, 0.5) is 0 Å². The van der Waals surface area contributed by atoms with Crippen molar-refractivity contribution in [2.24, 2.45) is 10.9 Å². The number of amidine groups is 1. The molecule has 0 amide bonds. The molecule has 0 atom stereocenters. The van der Waals surface area contributed by atoms with Crippen molar-refractivity contribution in [1.29, 1.82) is 0 Å². The number of oxime groups is 1. The van der Waals surface area contributed by atoms with Crippen LogP contribution in [0.25, 0.3) is 16.7 Å². The van der Waals surface area contributed by atoms with E-state index < -0.39 is 0 Å². The number of rotatable bonds is 2. The first-order chi connectivity index (χ1) is 9.70. The van der Waals surface area contributed by atoms with Crippen molar-refractivity contribution in [3.63, 3.8) is 0 Å². The van der Waals surface area contributed by atoms with Crippen molar-refractivity contribution in [3.8, 4) is 5.69 Å². The van der Waals surface area contributed by atoms with Gasteiger partial charge in [-0.05, 0) is 36.8 Å². The Balaban J connectivity index is 2.31. The molecule has 2 aromatic carbocycles. The zero-order chi connectivity index (χ0) is 14.1. The highest BCUT2D eigenvalue weighted by Gasteiger charge is 2.11. The SMILES string of the molecule is Cc1ccc(C(N)=NO)c(-n2cnc3ccccc32)c1. The zero-order valence-corrected chi connectivity index (χ0v) is 11.0. The molecular formula is C15H14N4O. The quantitative estimate of drug-likeness (QED) is 0.324. The van der Waals surface area contributed by atoms with Gasteiger partial charge in [-0.15, -0.1) is 0 Å². The van der Waals surface area contributed by atoms with Crippen molar-refractivity contribution in [2.45, 2.75) is 6.92 Å². The van der Waals surface area contributed by atoms with Gasteiger partial charge in [0, 0.05) is 5.56 Å². The van der Waals surface area contributed by atoms with Gasteiger partial charge < -0.3 is 10.9 Å². The molecule has 0 unspecified atom stereocenters. The molecule has 0 aliphatic heterocycles. The lowest BCUT2D eigenvalue weighted by atomic mass is 10.1. The fourth-order valence-corrected chi connectivity index (χ4v) is 2.26. The van der Waals surface area contributed by atoms with Crippen LogP contribution < -0.4 is 5.73 Å². The molecule has 0 radical (unpaired) electrons. The lowest BCUT2D eigenvalue weighted by molar-refractivity contribution is 0.318. The van der Waals surface area contributed by atoms with Gasteiger partial charge in [0.15, 0.2) is 5.84 Å². The van der Waals surface area contributed by atoms with Crippen LogP contribution in [-0.2, 0) is 0 Å². The molecule has 0 aliphatic carbocycles. The molecule has 1 heterocycles. The van der Waals surface area contributed by atoms with Gasteiger partial charge in [-0.1, -0.05) is 23.4 Å². The second kappa shape index (κ2) is 4.70. The Kier molecular flexibility index (Phi) is 2.87. The average molecular weight is 266 g/mol. The summed E-state index contributed by atoms with van der Waals surface area (Å²) in [6, 6.07) is 13.6. The van der Waals surface area contributed by atoms with Crippen LogP contribution in [0, 0.1) is 6.92 Å². The van der Waals surface area contributed by atoms with Crippen molar-refractivity contribution in [1.82, 2.24) is 9.55 Å². The molecule has 100 valence electrons. The molecule has 0 saturated carbocycles. The van der Waals surface area contributed by atoms with Crippen molar-refractivity contribution in [3.05, 3.63) is 59.9 Å². The first kappa shape index (κ1) is 12.2. The summed E-state index contributed by atoms with van der Waals surface area (Å²) in [6.45, 7) is 2.00. The van der Waals surface area contributed by atoms with Crippen molar-refractivity contribution < 1.29 is 5.21 Å². The average Bonchev–Trinajstić information content (AvgIpc) is 2.90. The maximum absolute atomic E-state index is 8.93. The highest BCUT2D eigenvalue weighted by molar-refractivity contribution is 6.01. The van der Waals surface area contributed by atoms with E-state index in [1.54, 1.807) is 6.33 Å². The van der Waals surface area contributed by atoms with Gasteiger partial charge in [-0.3, -0.25) is 4.57 Å². The molecular weight excluding hydrogens is 252 g/mol. The van der Waals surface area contributed by atoms with Gasteiger partial charge in [0.25, 0.3) is 0 Å². The van der Waals surface area contributed by atoms with Gasteiger partial charge in [0.2, 0.25) is 0 Å². The van der Waals surface area contributed by atoms with E-state index in [4.69, 9.17) is 10.9 Å². The summed E-state index contributed by atoms with van der Waals surface area (Å²) in [7, 11) is 0. The van der Waals surface area contributed by atoms with Crippen LogP contribution in [-0.4, -0.2) is 20.6 Å². The van der Waals surface area contributed by atoms with Gasteiger partial charge in [-0.2, -0.15) is 0 Å². The number of benzene rings is 2. The fraction of sp³-hybridized carbons (Fsp3) is 0.0667. The minimum atomic E-state index is 0.0813. The van der Waals surface area contributed by atoms with Crippen molar-refractivity contribution >= 4 is 16.9 Å². The van der Waals surface area contributed by atoms with Crippen LogP contribution in [0.15, 0.2) is 53.9 Å². The Labute approximate surface area is 116 Å². The minimum Gasteiger partial charge on any atom is -0.409 e. The maximum atomic E-state index is 8.93. The van der Waals surface area contributed by atoms with Crippen LogP contribution in [0.5, 0.6) is 0 Å². The predicted molar refractivity (Wildman–Crippen MR) is 78.3 cm³/mol. The summed E-state index contributed by atoms with van der Waals surface area (Å²) >= 11 is 0. The highest BCUT2D eigenvalue weighted by atomic mass is 16.4. The Morgan fingerprint density at radius 2 is 2.05 bits per heavy atom. The smallest absolute Gasteiger partial charge is 0.172 e. The molecule has 3 N–H and O–H groups in total. The summed E-state index contributed by atoms with van der Waals surface area (Å²) in [4.78, 5) is 4.37. The second-order valence-corrected chi connectivity index (χ2v) is 4.61. The number of aryl methyl sites for hydroxylation is 1. The number of nitrogens with zero attached hydrogens (tertiary/aromatic N) is 3. The lowest BCUT2D eigenvalue weighted by Crippen LogP contribution is -2.16. The monoisotopic (exact) mass is 266 g/mol. The largest absolute Gasteiger partial charge is 0.409 e. The summed E-state index contributed by atoms with van der Waals surface area (Å²) in [5.74, 6) is 0.0813. The summed E-state index contributed by atoms with van der Waals surface area (Å²) < 4.78 is 1.94. The molecule has 5 heteroatoms. The standard InChI is InChI=1S/C15H14N4O/c1-10-6-7-11(15(16)18-20)14(8-10)19-9-17-12-4-2-3-5-13(12)19/h2-9,20H,1H3,(H2,16,18). The first-order valence-corrected chi connectivity index (χ1v) is 6.21. The summed E-state index contributed by atoms with van der Waals surface area (Å²) in [6.07, 6.45) is 1.74. The molecule has 1 aromatic heterocycles. The molecule has 0 bridgehead atoms. The number of fused-ring (bicyclic) bond motifs is 1. The minimum absolute atomic E-state index is 0.0813. The molecule has 20 heavy (non-hydrogen) atoms. The molecule has 0 fully saturated rings. The van der Waals surface area contributed by atoms with E-state index in [2.05, 4.69) is 10.1 Å². The third-order valence-electron chi connectivity index (χ3n) is 3.25. The van der Waals surface area contributed by atoms with E-state index in [1.165, 1.54) is 0 Å². The number of hydrogen-bond acceptors (Lipinski definition) is 3. The Hall–Kier alpha value is -2.82. The molecule has 0 saturated heterocycles. The maximum Gasteiger partial charge on any atom is 0.172 e. The van der Waals surface area contributed by atoms with E-state index in [0.29, 0.717) is 5.56 Å². The topological polar surface area (TPSA) is 76.4 Å². The normalized spacial score (nSPS) is 11.9. The highest BCUT2D eigenvalue weighted by Crippen LogP contribution is 2.22. The van der Waals surface area contributed by atoms with Crippen LogP contribution in [0.3, 0.4) is 0 Å². The third kappa shape index (κ3) is 1.89. The van der Waals surface area contributed by atoms with E-state index in [9.17, 15) is 0 Å². The van der Waals surface area contributed by atoms with E-state index >= 15 is 0 Å². The molecule has 0 aliphatic rings. The van der Waals surface area contributed by atoms with Crippen LogP contribution >= 0.6 is 0 Å². The van der Waals surface area contributed by atoms with Gasteiger partial charge in [0.05, 0.1) is 16.7 Å². The number of para-hydroxylation sites is 2. The predicted octanol–water partition coefficient (Wildman–Crippen LogP) is 2.43. The second-order valence-electron chi connectivity index (χ2n) is 4.61. The summed E-state index contributed by atoms with van der Waals surface area (Å²) in [5.41, 5.74) is 10.2. The van der Waals surface area contributed by atoms with E-state index in [1.807, 2.05) is 54.0 Å². The van der Waals surface area contributed by atoms with Gasteiger partial charge in [-0.25, -0.2) is 4.98 Å². The van der Waals surface area contributed by atoms with Crippen LogP contribution in [0.1, 0.15) is 11.1 Å². The number of aromatic nitrogens is 2. The Morgan fingerprint density at radius 3 is 2.85 bits per heavy atom. The zero-order valence-electron chi connectivity index (χ0n) is 11.0. The molecule has 5 nitrogen and oxygen atoms in total. The van der Waals surface area contributed by atoms with Crippen LogP contribution in [0.2, 0.25) is 0 Å². The molecule has 3 aromatic rings. The lowest BCUT2D eigenvalue weighted by Gasteiger charge is -2.11. The first-order valence-electron chi connectivity index (χ1n) is 6.21. The Bertz CT molecular complexity index is 804. The Morgan fingerprint density at radius 1 is 1.25 bits per heavy atom.